The van der Waals surface area contributed by atoms with Crippen molar-refractivity contribution in [2.24, 2.45) is 0 Å². The fourth-order valence-corrected chi connectivity index (χ4v) is 2.18. The Hall–Kier alpha value is -2.25. The Kier molecular flexibility index (Phi) is 4.45. The molecule has 1 atom stereocenters. The second-order valence-electron chi connectivity index (χ2n) is 5.20. The lowest BCUT2D eigenvalue weighted by Gasteiger charge is -2.19. The van der Waals surface area contributed by atoms with E-state index in [9.17, 15) is 4.79 Å². The van der Waals surface area contributed by atoms with Gasteiger partial charge in [-0.2, -0.15) is 4.98 Å². The molecule has 2 aromatic rings. The van der Waals surface area contributed by atoms with Gasteiger partial charge in [0.2, 0.25) is 5.91 Å². The van der Waals surface area contributed by atoms with Gasteiger partial charge in [0.05, 0.1) is 13.0 Å². The van der Waals surface area contributed by atoms with Crippen molar-refractivity contribution in [1.82, 2.24) is 15.5 Å². The van der Waals surface area contributed by atoms with Crippen LogP contribution in [0.2, 0.25) is 0 Å². The molecule has 2 heterocycles. The van der Waals surface area contributed by atoms with E-state index in [1.807, 2.05) is 31.2 Å². The number of carbonyl (C=O) groups is 1. The Balaban J connectivity index is 1.57. The Morgan fingerprint density at radius 2 is 2.23 bits per heavy atom. The molecular weight excluding hydrogens is 284 g/mol. The third-order valence-corrected chi connectivity index (χ3v) is 3.34. The number of carbonyl (C=O) groups excluding carboxylic acids is 1. The molecule has 1 fully saturated rings. The van der Waals surface area contributed by atoms with Crippen LogP contribution in [0.5, 0.6) is 0 Å². The molecule has 1 saturated heterocycles. The highest BCUT2D eigenvalue weighted by Crippen LogP contribution is 2.16. The van der Waals surface area contributed by atoms with Crippen LogP contribution in [0, 0.1) is 6.92 Å². The second kappa shape index (κ2) is 6.67. The molecule has 0 radical (unpaired) electrons. The van der Waals surface area contributed by atoms with Crippen molar-refractivity contribution in [3.8, 4) is 0 Å². The summed E-state index contributed by atoms with van der Waals surface area (Å²) in [5, 5.41) is 9.82. The van der Waals surface area contributed by atoms with Gasteiger partial charge in [0, 0.05) is 18.8 Å². The van der Waals surface area contributed by atoms with Gasteiger partial charge in [-0.1, -0.05) is 22.9 Å². The zero-order valence-corrected chi connectivity index (χ0v) is 12.3. The van der Waals surface area contributed by atoms with Crippen LogP contribution in [-0.4, -0.2) is 35.7 Å². The molecule has 0 unspecified atom stereocenters. The van der Waals surface area contributed by atoms with Gasteiger partial charge in [0.1, 0.15) is 6.10 Å². The first-order chi connectivity index (χ1) is 10.7. The lowest BCUT2D eigenvalue weighted by atomic mass is 10.2. The maximum absolute atomic E-state index is 12.0. The third kappa shape index (κ3) is 3.69. The highest BCUT2D eigenvalue weighted by molar-refractivity contribution is 5.91. The molecule has 7 heteroatoms. The van der Waals surface area contributed by atoms with E-state index in [0.29, 0.717) is 24.9 Å². The molecule has 7 nitrogen and oxygen atoms in total. The zero-order valence-electron chi connectivity index (χ0n) is 12.3. The minimum atomic E-state index is -0.241. The van der Waals surface area contributed by atoms with E-state index in [0.717, 1.165) is 17.8 Å². The first kappa shape index (κ1) is 14.7. The average Bonchev–Trinajstić information content (AvgIpc) is 2.99. The summed E-state index contributed by atoms with van der Waals surface area (Å²) in [6.45, 7) is 4.05. The summed E-state index contributed by atoms with van der Waals surface area (Å²) in [6, 6.07) is 7.60. The fraction of sp³-hybridized carbons (Fsp3) is 0.400. The smallest absolute Gasteiger partial charge is 0.257 e. The molecule has 3 rings (SSSR count). The summed E-state index contributed by atoms with van der Waals surface area (Å²) in [5.41, 5.74) is 1.89. The molecule has 0 spiro atoms. The van der Waals surface area contributed by atoms with Crippen LogP contribution in [0.25, 0.3) is 0 Å². The van der Waals surface area contributed by atoms with Gasteiger partial charge in [-0.15, -0.1) is 0 Å². The van der Waals surface area contributed by atoms with E-state index >= 15 is 0 Å². The number of hydrogen-bond acceptors (Lipinski definition) is 6. The van der Waals surface area contributed by atoms with Crippen molar-refractivity contribution >= 4 is 11.6 Å². The van der Waals surface area contributed by atoms with Crippen molar-refractivity contribution in [2.45, 2.75) is 19.4 Å². The monoisotopic (exact) mass is 302 g/mol. The number of morpholine rings is 1. The molecular formula is C15H18N4O3. The molecule has 1 aromatic heterocycles. The highest BCUT2D eigenvalue weighted by atomic mass is 16.5. The van der Waals surface area contributed by atoms with E-state index in [1.54, 1.807) is 0 Å². The molecule has 1 aromatic carbocycles. The van der Waals surface area contributed by atoms with Crippen LogP contribution in [0.15, 0.2) is 28.8 Å². The standard InChI is InChI=1S/C15H18N4O3/c1-10-2-4-11(5-3-10)17-14(20)8-13-18-15(22-19-13)12-9-16-6-7-21-12/h2-5,12,16H,6-9H2,1H3,(H,17,20)/t12-/m0/s1. The minimum absolute atomic E-state index is 0.0670. The maximum Gasteiger partial charge on any atom is 0.257 e. The Labute approximate surface area is 128 Å². The number of ether oxygens (including phenoxy) is 1. The van der Waals surface area contributed by atoms with Gasteiger partial charge in [-0.3, -0.25) is 4.79 Å². The molecule has 116 valence electrons. The normalized spacial score (nSPS) is 18.1. The zero-order chi connectivity index (χ0) is 15.4. The number of anilines is 1. The number of hydrogen-bond donors (Lipinski definition) is 2. The summed E-state index contributed by atoms with van der Waals surface area (Å²) in [7, 11) is 0. The molecule has 2 N–H and O–H groups in total. The van der Waals surface area contributed by atoms with Crippen molar-refractivity contribution in [3.05, 3.63) is 41.5 Å². The predicted molar refractivity (Wildman–Crippen MR) is 79.4 cm³/mol. The first-order valence-corrected chi connectivity index (χ1v) is 7.22. The van der Waals surface area contributed by atoms with Crippen LogP contribution in [0.4, 0.5) is 5.69 Å². The van der Waals surface area contributed by atoms with Crippen molar-refractivity contribution < 1.29 is 14.1 Å². The average molecular weight is 302 g/mol. The molecule has 0 aliphatic carbocycles. The number of nitrogens with one attached hydrogen (secondary N) is 2. The predicted octanol–water partition coefficient (Wildman–Crippen LogP) is 1.22. The molecule has 1 amide bonds. The lowest BCUT2D eigenvalue weighted by molar-refractivity contribution is -0.115. The van der Waals surface area contributed by atoms with E-state index in [1.165, 1.54) is 0 Å². The van der Waals surface area contributed by atoms with Crippen LogP contribution >= 0.6 is 0 Å². The topological polar surface area (TPSA) is 89.3 Å². The minimum Gasteiger partial charge on any atom is -0.366 e. The van der Waals surface area contributed by atoms with Crippen LogP contribution in [-0.2, 0) is 16.0 Å². The van der Waals surface area contributed by atoms with Gasteiger partial charge in [-0.25, -0.2) is 0 Å². The van der Waals surface area contributed by atoms with Gasteiger partial charge in [0.15, 0.2) is 5.82 Å². The van der Waals surface area contributed by atoms with E-state index < -0.39 is 0 Å². The summed E-state index contributed by atoms with van der Waals surface area (Å²) in [6.07, 6.45) is -0.174. The SMILES string of the molecule is Cc1ccc(NC(=O)Cc2noc([C@@H]3CNCCO3)n2)cc1. The number of aryl methyl sites for hydroxylation is 1. The molecule has 0 bridgehead atoms. The molecule has 1 aliphatic rings. The number of benzene rings is 1. The van der Waals surface area contributed by atoms with Crippen molar-refractivity contribution in [3.63, 3.8) is 0 Å². The summed E-state index contributed by atoms with van der Waals surface area (Å²) in [4.78, 5) is 16.2. The van der Waals surface area contributed by atoms with Gasteiger partial charge < -0.3 is 19.9 Å². The summed E-state index contributed by atoms with van der Waals surface area (Å²) < 4.78 is 10.7. The largest absolute Gasteiger partial charge is 0.366 e. The van der Waals surface area contributed by atoms with Gasteiger partial charge in [-0.05, 0) is 19.1 Å². The fourth-order valence-electron chi connectivity index (χ4n) is 2.18. The molecule has 22 heavy (non-hydrogen) atoms. The van der Waals surface area contributed by atoms with Crippen LogP contribution < -0.4 is 10.6 Å². The van der Waals surface area contributed by atoms with E-state index in [4.69, 9.17) is 9.26 Å². The number of aromatic nitrogens is 2. The number of rotatable bonds is 4. The van der Waals surface area contributed by atoms with E-state index in [2.05, 4.69) is 20.8 Å². The Bertz CT molecular complexity index is 632. The third-order valence-electron chi connectivity index (χ3n) is 3.34. The Morgan fingerprint density at radius 3 is 2.95 bits per heavy atom. The van der Waals surface area contributed by atoms with Crippen molar-refractivity contribution in [1.29, 1.82) is 0 Å². The quantitative estimate of drug-likeness (QED) is 0.882. The maximum atomic E-state index is 12.0. The highest BCUT2D eigenvalue weighted by Gasteiger charge is 2.22. The number of nitrogens with zero attached hydrogens (tertiary/aromatic N) is 2. The van der Waals surface area contributed by atoms with Gasteiger partial charge >= 0.3 is 0 Å². The molecule has 0 saturated carbocycles. The van der Waals surface area contributed by atoms with E-state index in [-0.39, 0.29) is 18.4 Å². The van der Waals surface area contributed by atoms with Crippen molar-refractivity contribution in [2.75, 3.05) is 25.0 Å². The lowest BCUT2D eigenvalue weighted by Crippen LogP contribution is -2.33. The Morgan fingerprint density at radius 1 is 1.41 bits per heavy atom. The van der Waals surface area contributed by atoms with Gasteiger partial charge in [0.25, 0.3) is 5.89 Å². The second-order valence-corrected chi connectivity index (χ2v) is 5.20. The number of amides is 1. The summed E-state index contributed by atoms with van der Waals surface area (Å²) in [5.74, 6) is 0.581. The first-order valence-electron chi connectivity index (χ1n) is 7.22. The summed E-state index contributed by atoms with van der Waals surface area (Å²) >= 11 is 0. The molecule has 1 aliphatic heterocycles. The van der Waals surface area contributed by atoms with Crippen LogP contribution in [0.1, 0.15) is 23.4 Å². The van der Waals surface area contributed by atoms with Crippen LogP contribution in [0.3, 0.4) is 0 Å².